The van der Waals surface area contributed by atoms with Crippen LogP contribution in [0.15, 0.2) is 66.7 Å². The summed E-state index contributed by atoms with van der Waals surface area (Å²) in [6.45, 7) is 4.48. The van der Waals surface area contributed by atoms with Gasteiger partial charge in [-0.1, -0.05) is 48.5 Å². The molecule has 0 aromatic heterocycles. The molecule has 2 atom stereocenters. The van der Waals surface area contributed by atoms with Crippen molar-refractivity contribution in [3.63, 3.8) is 0 Å². The summed E-state index contributed by atoms with van der Waals surface area (Å²) in [6, 6.07) is 21.7. The van der Waals surface area contributed by atoms with E-state index in [2.05, 4.69) is 30.0 Å². The van der Waals surface area contributed by atoms with Crippen LogP contribution in [0, 0.1) is 12.8 Å². The second-order valence-electron chi connectivity index (χ2n) is 9.14. The van der Waals surface area contributed by atoms with Crippen LogP contribution in [0.2, 0.25) is 0 Å². The minimum Gasteiger partial charge on any atom is -0.488 e. The molecule has 2 unspecified atom stereocenters. The van der Waals surface area contributed by atoms with Gasteiger partial charge in [0.05, 0.1) is 0 Å². The van der Waals surface area contributed by atoms with Crippen LogP contribution in [-0.2, 0) is 6.61 Å². The van der Waals surface area contributed by atoms with Gasteiger partial charge in [-0.25, -0.2) is 4.79 Å². The Morgan fingerprint density at radius 1 is 1.03 bits per heavy atom. The third-order valence-corrected chi connectivity index (χ3v) is 6.91. The molecule has 0 N–H and O–H groups in total. The van der Waals surface area contributed by atoms with Crippen molar-refractivity contribution in [3.8, 4) is 11.5 Å². The van der Waals surface area contributed by atoms with E-state index < -0.39 is 0 Å². The molecule has 0 amide bonds. The van der Waals surface area contributed by atoms with Crippen LogP contribution < -0.4 is 14.4 Å². The molecule has 2 aliphatic rings. The molecule has 1 saturated heterocycles. The smallest absolute Gasteiger partial charge is 0.347 e. The summed E-state index contributed by atoms with van der Waals surface area (Å²) < 4.78 is 12.1. The molecule has 5 nitrogen and oxygen atoms in total. The van der Waals surface area contributed by atoms with E-state index in [1.807, 2.05) is 55.5 Å². The van der Waals surface area contributed by atoms with Crippen LogP contribution >= 0.6 is 0 Å². The third kappa shape index (κ3) is 4.09. The molecule has 3 aromatic rings. The maximum absolute atomic E-state index is 13.4. The third-order valence-electron chi connectivity index (χ3n) is 6.91. The second-order valence-corrected chi connectivity index (χ2v) is 9.14. The van der Waals surface area contributed by atoms with E-state index in [4.69, 9.17) is 9.47 Å². The average Bonchev–Trinajstić information content (AvgIpc) is 3.19. The molecule has 0 radical (unpaired) electrons. The first-order chi connectivity index (χ1) is 16.0. The number of hydrogen-bond acceptors (Lipinski definition) is 5. The predicted octanol–water partition coefficient (Wildman–Crippen LogP) is 5.24. The van der Waals surface area contributed by atoms with Crippen LogP contribution in [0.4, 0.5) is 5.69 Å². The molecule has 2 heterocycles. The number of anilines is 1. The number of benzene rings is 3. The molecule has 0 saturated carbocycles. The van der Waals surface area contributed by atoms with Gasteiger partial charge in [-0.05, 0) is 67.7 Å². The van der Waals surface area contributed by atoms with Gasteiger partial charge in [0.15, 0.2) is 0 Å². The monoisotopic (exact) mass is 442 g/mol. The van der Waals surface area contributed by atoms with Gasteiger partial charge in [-0.3, -0.25) is 4.90 Å². The highest BCUT2D eigenvalue weighted by molar-refractivity contribution is 5.98. The first kappa shape index (κ1) is 21.5. The van der Waals surface area contributed by atoms with E-state index in [9.17, 15) is 4.79 Å². The molecule has 2 aliphatic heterocycles. The number of fused-ring (bicyclic) bond motifs is 3. The summed E-state index contributed by atoms with van der Waals surface area (Å²) in [5.74, 6) is 1.30. The predicted molar refractivity (Wildman–Crippen MR) is 130 cm³/mol. The Morgan fingerprint density at radius 3 is 2.45 bits per heavy atom. The summed E-state index contributed by atoms with van der Waals surface area (Å²) in [5, 5.41) is 0. The molecular weight excluding hydrogens is 412 g/mol. The standard InChI is InChI=1S/C28H30N2O3/c1-19-25(28(31)33-22-12-8-5-9-13-22)24(32-18-20-10-6-4-7-11-20)16-23-26(19)30(3)17-21-14-15-29(2)27(21)23/h4-13,16,21,27H,14-15,17-18H2,1-3H3. The lowest BCUT2D eigenvalue weighted by Crippen LogP contribution is -2.37. The number of carbonyl (C=O) groups is 1. The van der Waals surface area contributed by atoms with Gasteiger partial charge in [0.1, 0.15) is 23.7 Å². The largest absolute Gasteiger partial charge is 0.488 e. The molecular formula is C28H30N2O3. The van der Waals surface area contributed by atoms with Crippen LogP contribution in [0.3, 0.4) is 0 Å². The van der Waals surface area contributed by atoms with Crippen molar-refractivity contribution in [1.29, 1.82) is 0 Å². The van der Waals surface area contributed by atoms with E-state index in [1.54, 1.807) is 12.1 Å². The zero-order valence-corrected chi connectivity index (χ0v) is 19.5. The average molecular weight is 443 g/mol. The number of ether oxygens (including phenoxy) is 2. The van der Waals surface area contributed by atoms with Crippen molar-refractivity contribution in [3.05, 3.63) is 89.0 Å². The quantitative estimate of drug-likeness (QED) is 0.400. The fourth-order valence-electron chi connectivity index (χ4n) is 5.43. The Labute approximate surface area is 195 Å². The number of nitrogens with zero attached hydrogens (tertiary/aromatic N) is 2. The zero-order chi connectivity index (χ0) is 22.9. The lowest BCUT2D eigenvalue weighted by molar-refractivity contribution is 0.0728. The van der Waals surface area contributed by atoms with Crippen molar-refractivity contribution in [2.45, 2.75) is 26.0 Å². The van der Waals surface area contributed by atoms with E-state index >= 15 is 0 Å². The highest BCUT2D eigenvalue weighted by atomic mass is 16.5. The van der Waals surface area contributed by atoms with Crippen LogP contribution in [-0.4, -0.2) is 38.1 Å². The van der Waals surface area contributed by atoms with Gasteiger partial charge < -0.3 is 14.4 Å². The minimum atomic E-state index is -0.389. The summed E-state index contributed by atoms with van der Waals surface area (Å²) in [5.41, 5.74) is 4.84. The minimum absolute atomic E-state index is 0.341. The number of esters is 1. The lowest BCUT2D eigenvalue weighted by atomic mass is 9.85. The lowest BCUT2D eigenvalue weighted by Gasteiger charge is -2.40. The van der Waals surface area contributed by atoms with Crippen molar-refractivity contribution >= 4 is 11.7 Å². The van der Waals surface area contributed by atoms with Gasteiger partial charge >= 0.3 is 5.97 Å². The number of carbonyl (C=O) groups excluding carboxylic acids is 1. The van der Waals surface area contributed by atoms with Crippen LogP contribution in [0.5, 0.6) is 11.5 Å². The highest BCUT2D eigenvalue weighted by Gasteiger charge is 2.41. The number of rotatable bonds is 5. The van der Waals surface area contributed by atoms with Gasteiger partial charge in [0, 0.05) is 25.3 Å². The summed E-state index contributed by atoms with van der Waals surface area (Å²) in [4.78, 5) is 18.1. The maximum atomic E-state index is 13.4. The molecule has 0 bridgehead atoms. The molecule has 5 heteroatoms. The number of likely N-dealkylation sites (tertiary alicyclic amines) is 1. The molecule has 170 valence electrons. The van der Waals surface area contributed by atoms with E-state index in [-0.39, 0.29) is 5.97 Å². The molecule has 3 aromatic carbocycles. The fraction of sp³-hybridized carbons (Fsp3) is 0.321. The molecule has 1 fully saturated rings. The topological polar surface area (TPSA) is 42.0 Å². The van der Waals surface area contributed by atoms with Crippen LogP contribution in [0.1, 0.15) is 39.5 Å². The summed E-state index contributed by atoms with van der Waals surface area (Å²) in [7, 11) is 4.31. The number of hydrogen-bond donors (Lipinski definition) is 0. The first-order valence-corrected chi connectivity index (χ1v) is 11.6. The molecule has 0 spiro atoms. The molecule has 0 aliphatic carbocycles. The van der Waals surface area contributed by atoms with E-state index in [0.29, 0.717) is 35.6 Å². The molecule has 5 rings (SSSR count). The Kier molecular flexibility index (Phi) is 5.81. The van der Waals surface area contributed by atoms with Crippen molar-refractivity contribution in [1.82, 2.24) is 4.90 Å². The van der Waals surface area contributed by atoms with Gasteiger partial charge in [-0.2, -0.15) is 0 Å². The Bertz CT molecular complexity index is 1150. The maximum Gasteiger partial charge on any atom is 0.347 e. The molecule has 33 heavy (non-hydrogen) atoms. The Hall–Kier alpha value is -3.31. The normalized spacial score (nSPS) is 19.7. The summed E-state index contributed by atoms with van der Waals surface area (Å²) >= 11 is 0. The van der Waals surface area contributed by atoms with Crippen LogP contribution in [0.25, 0.3) is 0 Å². The van der Waals surface area contributed by atoms with Gasteiger partial charge in [0.25, 0.3) is 0 Å². The first-order valence-electron chi connectivity index (χ1n) is 11.6. The van der Waals surface area contributed by atoms with Crippen molar-refractivity contribution < 1.29 is 14.3 Å². The second kappa shape index (κ2) is 8.91. The van der Waals surface area contributed by atoms with Gasteiger partial charge in [0.2, 0.25) is 0 Å². The Balaban J connectivity index is 1.58. The Morgan fingerprint density at radius 2 is 1.73 bits per heavy atom. The number of para-hydroxylation sites is 1. The zero-order valence-electron chi connectivity index (χ0n) is 19.5. The fourth-order valence-corrected chi connectivity index (χ4v) is 5.43. The van der Waals surface area contributed by atoms with Gasteiger partial charge in [-0.15, -0.1) is 0 Å². The van der Waals surface area contributed by atoms with Crippen molar-refractivity contribution in [2.24, 2.45) is 5.92 Å². The SMILES string of the molecule is Cc1c(C(=O)Oc2ccccc2)c(OCc2ccccc2)cc2c1N(C)CC1CCN(C)C21. The van der Waals surface area contributed by atoms with Crippen molar-refractivity contribution in [2.75, 3.05) is 32.1 Å². The van der Waals surface area contributed by atoms with E-state index in [0.717, 1.165) is 29.9 Å². The summed E-state index contributed by atoms with van der Waals surface area (Å²) in [6.07, 6.45) is 1.18. The highest BCUT2D eigenvalue weighted by Crippen LogP contribution is 2.48. The van der Waals surface area contributed by atoms with E-state index in [1.165, 1.54) is 12.0 Å².